The van der Waals surface area contributed by atoms with Crippen LogP contribution in [0.3, 0.4) is 0 Å². The monoisotopic (exact) mass is 335 g/mol. The van der Waals surface area contributed by atoms with Crippen molar-refractivity contribution in [1.82, 2.24) is 0 Å². The molecule has 4 nitrogen and oxygen atoms in total. The summed E-state index contributed by atoms with van der Waals surface area (Å²) in [5.41, 5.74) is 4.21. The number of carbonyl (C=O) groups excluding carboxylic acids is 1. The second-order valence-electron chi connectivity index (χ2n) is 6.54. The number of benzene rings is 2. The maximum absolute atomic E-state index is 11.6. The molecular formula is C21H21NO3. The van der Waals surface area contributed by atoms with Crippen LogP contribution in [-0.4, -0.2) is 20.2 Å². The van der Waals surface area contributed by atoms with Gasteiger partial charge in [0, 0.05) is 11.6 Å². The molecule has 1 N–H and O–H groups in total. The second-order valence-corrected chi connectivity index (χ2v) is 6.54. The number of hydrogen-bond acceptors (Lipinski definition) is 4. The highest BCUT2D eigenvalue weighted by molar-refractivity contribution is 5.89. The molecule has 4 rings (SSSR count). The summed E-state index contributed by atoms with van der Waals surface area (Å²) in [6, 6.07) is 14.1. The third-order valence-corrected chi connectivity index (χ3v) is 5.26. The van der Waals surface area contributed by atoms with Crippen molar-refractivity contribution in [2.75, 3.05) is 19.5 Å². The Hall–Kier alpha value is -2.75. The summed E-state index contributed by atoms with van der Waals surface area (Å²) in [5, 5.41) is 3.69. The summed E-state index contributed by atoms with van der Waals surface area (Å²) in [5.74, 6) is 1.43. The molecule has 25 heavy (non-hydrogen) atoms. The lowest BCUT2D eigenvalue weighted by Crippen LogP contribution is -2.29. The topological polar surface area (TPSA) is 47.6 Å². The van der Waals surface area contributed by atoms with Crippen molar-refractivity contribution in [3.8, 4) is 5.75 Å². The molecular weight excluding hydrogens is 314 g/mol. The number of ether oxygens (including phenoxy) is 2. The average Bonchev–Trinajstić information content (AvgIpc) is 3.16. The van der Waals surface area contributed by atoms with Gasteiger partial charge in [-0.2, -0.15) is 0 Å². The van der Waals surface area contributed by atoms with Gasteiger partial charge in [0.05, 0.1) is 25.8 Å². The Balaban J connectivity index is 1.68. The Kier molecular flexibility index (Phi) is 3.96. The zero-order chi connectivity index (χ0) is 17.4. The summed E-state index contributed by atoms with van der Waals surface area (Å²) in [7, 11) is 3.10. The fraction of sp³-hybridized carbons (Fsp3) is 0.286. The normalized spacial score (nSPS) is 23.4. The van der Waals surface area contributed by atoms with E-state index < -0.39 is 0 Å². The molecule has 1 aliphatic carbocycles. The molecule has 0 radical (unpaired) electrons. The molecule has 128 valence electrons. The van der Waals surface area contributed by atoms with Gasteiger partial charge in [0.1, 0.15) is 5.75 Å². The van der Waals surface area contributed by atoms with E-state index in [-0.39, 0.29) is 12.0 Å². The van der Waals surface area contributed by atoms with Crippen LogP contribution in [-0.2, 0) is 4.74 Å². The molecule has 0 bridgehead atoms. The van der Waals surface area contributed by atoms with E-state index in [2.05, 4.69) is 29.6 Å². The van der Waals surface area contributed by atoms with E-state index in [1.165, 1.54) is 18.2 Å². The number of nitrogens with one attached hydrogen (secondary N) is 1. The predicted molar refractivity (Wildman–Crippen MR) is 97.1 cm³/mol. The van der Waals surface area contributed by atoms with Gasteiger partial charge in [-0.3, -0.25) is 0 Å². The van der Waals surface area contributed by atoms with Crippen LogP contribution >= 0.6 is 0 Å². The quantitative estimate of drug-likeness (QED) is 0.671. The van der Waals surface area contributed by atoms with E-state index in [1.807, 2.05) is 30.3 Å². The first-order chi connectivity index (χ1) is 12.2. The molecule has 2 aromatic rings. The fourth-order valence-electron chi connectivity index (χ4n) is 3.97. The number of hydrogen-bond donors (Lipinski definition) is 1. The van der Waals surface area contributed by atoms with Gasteiger partial charge >= 0.3 is 5.97 Å². The van der Waals surface area contributed by atoms with Crippen molar-refractivity contribution in [2.45, 2.75) is 18.4 Å². The van der Waals surface area contributed by atoms with Gasteiger partial charge in [0.2, 0.25) is 0 Å². The van der Waals surface area contributed by atoms with Crippen LogP contribution < -0.4 is 10.1 Å². The number of allylic oxidation sites excluding steroid dienone is 2. The van der Waals surface area contributed by atoms with Gasteiger partial charge in [-0.05, 0) is 53.8 Å². The summed E-state index contributed by atoms with van der Waals surface area (Å²) < 4.78 is 10.2. The Bertz CT molecular complexity index is 826. The van der Waals surface area contributed by atoms with Crippen LogP contribution in [0.25, 0.3) is 0 Å². The molecule has 0 amide bonds. The molecule has 0 aromatic heterocycles. The number of carbonyl (C=O) groups is 1. The van der Waals surface area contributed by atoms with Gasteiger partial charge in [0.25, 0.3) is 0 Å². The van der Waals surface area contributed by atoms with Crippen molar-refractivity contribution in [2.24, 2.45) is 5.92 Å². The number of methoxy groups -OCH3 is 2. The van der Waals surface area contributed by atoms with Crippen LogP contribution in [0, 0.1) is 5.92 Å². The van der Waals surface area contributed by atoms with E-state index >= 15 is 0 Å². The van der Waals surface area contributed by atoms with E-state index in [1.54, 1.807) is 7.11 Å². The van der Waals surface area contributed by atoms with Gasteiger partial charge in [0.15, 0.2) is 0 Å². The molecule has 2 unspecified atom stereocenters. The zero-order valence-electron chi connectivity index (χ0n) is 14.4. The first-order valence-corrected chi connectivity index (χ1v) is 8.50. The number of anilines is 1. The SMILES string of the molecule is COC(=O)c1ccc([C@H]2Nc3ccc(OC)cc3C3C=CCC32)cc1. The lowest BCUT2D eigenvalue weighted by Gasteiger charge is -2.37. The second kappa shape index (κ2) is 6.28. The minimum Gasteiger partial charge on any atom is -0.497 e. The molecule has 1 heterocycles. The minimum absolute atomic E-state index is 0.215. The van der Waals surface area contributed by atoms with Gasteiger partial charge in [-0.15, -0.1) is 0 Å². The minimum atomic E-state index is -0.305. The highest BCUT2D eigenvalue weighted by Gasteiger charge is 2.38. The fourth-order valence-corrected chi connectivity index (χ4v) is 3.97. The molecule has 4 heteroatoms. The summed E-state index contributed by atoms with van der Waals surface area (Å²) in [6.07, 6.45) is 5.61. The lowest BCUT2D eigenvalue weighted by atomic mass is 9.77. The first kappa shape index (κ1) is 15.8. The van der Waals surface area contributed by atoms with Crippen molar-refractivity contribution in [1.29, 1.82) is 0 Å². The molecule has 0 fully saturated rings. The number of fused-ring (bicyclic) bond motifs is 3. The Morgan fingerprint density at radius 2 is 1.92 bits per heavy atom. The summed E-state index contributed by atoms with van der Waals surface area (Å²) >= 11 is 0. The predicted octanol–water partition coefficient (Wildman–Crippen LogP) is 4.31. The van der Waals surface area contributed by atoms with Gasteiger partial charge < -0.3 is 14.8 Å². The zero-order valence-corrected chi connectivity index (χ0v) is 14.4. The lowest BCUT2D eigenvalue weighted by molar-refractivity contribution is 0.0600. The van der Waals surface area contributed by atoms with E-state index in [9.17, 15) is 4.79 Å². The average molecular weight is 335 g/mol. The van der Waals surface area contributed by atoms with Crippen LogP contribution in [0.1, 0.15) is 39.9 Å². The Morgan fingerprint density at radius 1 is 1.12 bits per heavy atom. The molecule has 0 saturated heterocycles. The smallest absolute Gasteiger partial charge is 0.337 e. The van der Waals surface area contributed by atoms with Crippen LogP contribution in [0.5, 0.6) is 5.75 Å². The van der Waals surface area contributed by atoms with Crippen LogP contribution in [0.4, 0.5) is 5.69 Å². The molecule has 0 spiro atoms. The van der Waals surface area contributed by atoms with E-state index in [0.717, 1.165) is 17.9 Å². The van der Waals surface area contributed by atoms with Crippen LogP contribution in [0.15, 0.2) is 54.6 Å². The highest BCUT2D eigenvalue weighted by atomic mass is 16.5. The third kappa shape index (κ3) is 2.68. The van der Waals surface area contributed by atoms with Crippen molar-refractivity contribution < 1.29 is 14.3 Å². The number of rotatable bonds is 3. The molecule has 2 aliphatic rings. The van der Waals surface area contributed by atoms with Gasteiger partial charge in [-0.25, -0.2) is 4.79 Å². The molecule has 0 saturated carbocycles. The largest absolute Gasteiger partial charge is 0.497 e. The van der Waals surface area contributed by atoms with Crippen molar-refractivity contribution in [3.63, 3.8) is 0 Å². The molecule has 1 aliphatic heterocycles. The Labute approximate surface area is 147 Å². The number of esters is 1. The highest BCUT2D eigenvalue weighted by Crippen LogP contribution is 2.50. The molecule has 2 aromatic carbocycles. The maximum Gasteiger partial charge on any atom is 0.337 e. The first-order valence-electron chi connectivity index (χ1n) is 8.50. The van der Waals surface area contributed by atoms with Crippen molar-refractivity contribution in [3.05, 3.63) is 71.3 Å². The summed E-state index contributed by atoms with van der Waals surface area (Å²) in [4.78, 5) is 11.6. The summed E-state index contributed by atoms with van der Waals surface area (Å²) in [6.45, 7) is 0. The Morgan fingerprint density at radius 3 is 2.64 bits per heavy atom. The standard InChI is InChI=1S/C21H21NO3/c1-24-15-10-11-19-18(12-15)16-4-3-5-17(16)20(22-19)13-6-8-14(9-7-13)21(23)25-2/h3-4,6-12,16-17,20,22H,5H2,1-2H3/t16?,17?,20-/m1/s1. The van der Waals surface area contributed by atoms with Crippen LogP contribution in [0.2, 0.25) is 0 Å². The van der Waals surface area contributed by atoms with Gasteiger partial charge in [-0.1, -0.05) is 24.3 Å². The maximum atomic E-state index is 11.6. The van der Waals surface area contributed by atoms with E-state index in [0.29, 0.717) is 17.4 Å². The van der Waals surface area contributed by atoms with E-state index in [4.69, 9.17) is 9.47 Å². The molecule has 3 atom stereocenters. The third-order valence-electron chi connectivity index (χ3n) is 5.26. The van der Waals surface area contributed by atoms with Crippen molar-refractivity contribution >= 4 is 11.7 Å².